The summed E-state index contributed by atoms with van der Waals surface area (Å²) in [5.41, 5.74) is -38.9. The highest BCUT2D eigenvalue weighted by molar-refractivity contribution is 6.18. The number of rotatable bonds is 16. The quantitative estimate of drug-likeness (QED) is 0.0947. The lowest BCUT2D eigenvalue weighted by Gasteiger charge is -2.17. The van der Waals surface area contributed by atoms with Crippen LogP contribution < -0.4 is 0 Å². The molecule has 4 aromatic heterocycles. The molecule has 0 aliphatic rings. The Hall–Kier alpha value is -18.0. The minimum atomic E-state index is -1.51. The van der Waals surface area contributed by atoms with E-state index in [0.717, 1.165) is 0 Å². The number of hydrogen-bond acceptors (Lipinski definition) is 1. The second-order valence-electron chi connectivity index (χ2n) is 28.6. The number of fused-ring (bicyclic) bond motifs is 12. The molecule has 26 rings (SSSR count). The van der Waals surface area contributed by atoms with Crippen LogP contribution in [0.4, 0.5) is 0 Å². The van der Waals surface area contributed by atoms with Gasteiger partial charge in [0.15, 0.2) is 0 Å². The summed E-state index contributed by atoms with van der Waals surface area (Å²) >= 11 is 0. The molecule has 0 radical (unpaired) electrons. The molecule has 22 aromatic carbocycles. The van der Waals surface area contributed by atoms with Crippen LogP contribution in [0.2, 0.25) is 0 Å². The van der Waals surface area contributed by atoms with Gasteiger partial charge in [0.05, 0.1) is 168 Å². The van der Waals surface area contributed by atoms with Gasteiger partial charge in [-0.25, -0.2) is 0 Å². The van der Waals surface area contributed by atoms with Gasteiger partial charge in [-0.05, 0) is 242 Å². The van der Waals surface area contributed by atoms with Crippen LogP contribution in [0, 0.1) is 0 Å². The topological polar surface area (TPSA) is 27.9 Å². The van der Waals surface area contributed by atoms with E-state index in [0.29, 0.717) is 19.8 Å². The van der Waals surface area contributed by atoms with Crippen LogP contribution in [-0.2, 0) is 0 Å². The molecule has 4 nitrogen and oxygen atoms in total. The molecule has 4 heteroatoms. The lowest BCUT2D eigenvalue weighted by molar-refractivity contribution is 0.669. The fraction of sp³-hybridized carbons (Fsp3) is 0. The maximum Gasteiger partial charge on any atom is 0.136 e. The minimum Gasteiger partial charge on any atom is -0.456 e. The molecule has 636 valence electrons. The maximum atomic E-state index is 10.7. The average Bonchev–Trinajstić information content (AvgIpc) is 1.51. The van der Waals surface area contributed by atoms with Crippen LogP contribution in [-0.4, -0.2) is 13.7 Å². The lowest BCUT2D eigenvalue weighted by atomic mass is 9.92. The highest BCUT2D eigenvalue weighted by Crippen LogP contribution is 2.50. The Morgan fingerprint density at radius 2 is 0.353 bits per heavy atom. The van der Waals surface area contributed by atoms with E-state index in [2.05, 4.69) is 0 Å². The van der Waals surface area contributed by atoms with E-state index in [4.69, 9.17) is 73.0 Å². The van der Waals surface area contributed by atoms with Crippen molar-refractivity contribution in [2.75, 3.05) is 0 Å². The zero-order chi connectivity index (χ0) is 165. The van der Waals surface area contributed by atoms with Crippen molar-refractivity contribution in [3.05, 3.63) is 526 Å². The molecule has 0 fully saturated rings. The van der Waals surface area contributed by atoms with E-state index in [1.165, 1.54) is 0 Å². The largest absolute Gasteiger partial charge is 0.456 e. The highest BCUT2D eigenvalue weighted by atomic mass is 16.3. The fourth-order valence-corrected chi connectivity index (χ4v) is 15.5. The second-order valence-corrected chi connectivity index (χ2v) is 28.6. The second kappa shape index (κ2) is 34.4. The summed E-state index contributed by atoms with van der Waals surface area (Å²) in [5.74, 6) is 0. The van der Waals surface area contributed by atoms with Crippen molar-refractivity contribution in [1.29, 1.82) is 0 Å². The van der Waals surface area contributed by atoms with Crippen molar-refractivity contribution in [2.24, 2.45) is 0 Å². The van der Waals surface area contributed by atoms with Crippen molar-refractivity contribution in [1.82, 2.24) is 13.7 Å². The molecule has 0 bridgehead atoms. The van der Waals surface area contributed by atoms with Crippen molar-refractivity contribution in [3.63, 3.8) is 0 Å². The summed E-state index contributed by atoms with van der Waals surface area (Å²) in [7, 11) is 0. The molecule has 136 heavy (non-hydrogen) atoms. The standard InChI is InChI=1S/C78H52N2.C54H35NO/c1-5-23-53(24-6-1)61-31-13-17-35-65(61)57-41-45-73-69(49-57)70-50-58(66-36-18-14-32-62(66)54-25-7-2-8-26-54)42-46-74(70)79(73)77-39-21-22-40-78(77)80-75-47-43-59(67-37-19-15-33-63(67)55-27-9-3-10-28-55)51-71(75)72-52-60(44-48-76(72)80)68-38-20-16-34-64(68)56-29-11-4-12-30-56;1-3-16-36(17-4-1)40-20-7-9-22-42(40)38-30-32-50-47(34-38)48-35-39(43-23-10-8-21-41(43)37-18-5-2-6-19-37)31-33-51(48)55(50)49-27-13-11-24-44(49)45-26-15-29-53-54(45)46-25-12-14-28-52(46)56-53/h1-52H;1-35H/i1D,2D,3D,4D,5D,6D,7D,8D,9D,10D,11D,12D,13D,14D,15D,16D,17D,18D,19D,20D,21D,22D,23D,24D,25D,26D,27D,28D,29D,30D,31D,32D,33D,35D,36D,37D,38D,39D,40D,41D,42D,43D,44D,45D,46D,47D,48D,49D,50D,51D,52D;1D,2D,3D,4D,5D,6D,7D,8D,9D,10D,11D,12D,13D,14D,15D,16D,17D,18D,19D,20D,21D,22D,23D,24D,25D,26D,27D,28D,29D,30D,31D,32D,33D,34D,35D. The third-order valence-electron chi connectivity index (χ3n) is 21.2. The van der Waals surface area contributed by atoms with Gasteiger partial charge in [-0.15, -0.1) is 0 Å². The first-order chi connectivity index (χ1) is 103. The van der Waals surface area contributed by atoms with Gasteiger partial charge >= 0.3 is 0 Å². The van der Waals surface area contributed by atoms with Gasteiger partial charge in [-0.3, -0.25) is 0 Å². The van der Waals surface area contributed by atoms with Crippen molar-refractivity contribution in [3.8, 4) is 162 Å². The van der Waals surface area contributed by atoms with E-state index in [-0.39, 0.29) is 0 Å². The molecule has 0 atom stereocenters. The maximum absolute atomic E-state index is 10.7. The van der Waals surface area contributed by atoms with E-state index in [1.807, 2.05) is 0 Å². The fourth-order valence-electron chi connectivity index (χ4n) is 15.5. The molecule has 0 unspecified atom stereocenters. The van der Waals surface area contributed by atoms with Crippen LogP contribution in [0.25, 0.3) is 249 Å². The Labute approximate surface area is 910 Å². The Kier molecular flexibility index (Phi) is 7.86. The Morgan fingerprint density at radius 1 is 0.140 bits per heavy atom. The van der Waals surface area contributed by atoms with Gasteiger partial charge in [0.1, 0.15) is 11.2 Å². The number of aromatic nitrogens is 3. The molecule has 0 aliphatic heterocycles. The predicted molar refractivity (Wildman–Crippen MR) is 574 cm³/mol. The number of furan rings is 1. The minimum absolute atomic E-state index is 0.375. The third-order valence-corrected chi connectivity index (χ3v) is 21.2. The van der Waals surface area contributed by atoms with Crippen molar-refractivity contribution >= 4 is 87.4 Å². The normalized spacial score (nSPS) is 20.4. The molecule has 0 spiro atoms. The molecular weight excluding hydrogens is 1640 g/mol. The summed E-state index contributed by atoms with van der Waals surface area (Å²) in [5, 5.41) is -7.73. The zero-order valence-corrected chi connectivity index (χ0v) is 67.8. The Bertz CT molecular complexity index is 14200. The number of benzene rings is 22. The smallest absolute Gasteiger partial charge is 0.136 e. The summed E-state index contributed by atoms with van der Waals surface area (Å²) in [6, 6.07) is -101. The summed E-state index contributed by atoms with van der Waals surface area (Å²) in [4.78, 5) is 0. The molecule has 0 saturated carbocycles. The summed E-state index contributed by atoms with van der Waals surface area (Å²) < 4.78 is 807. The molecule has 0 N–H and O–H groups in total. The van der Waals surface area contributed by atoms with Gasteiger partial charge < -0.3 is 18.1 Å². The van der Waals surface area contributed by atoms with Crippen LogP contribution in [0.3, 0.4) is 0 Å². The first kappa shape index (κ1) is 31.1. The van der Waals surface area contributed by atoms with Crippen LogP contribution in [0.15, 0.2) is 530 Å². The highest BCUT2D eigenvalue weighted by Gasteiger charge is 2.27. The number of para-hydroxylation sites is 4. The average molecular weight is 1820 g/mol. The zero-order valence-electron chi connectivity index (χ0n) is 154. The molecule has 0 aliphatic carbocycles. The van der Waals surface area contributed by atoms with Gasteiger partial charge in [-0.2, -0.15) is 0 Å². The summed E-state index contributed by atoms with van der Waals surface area (Å²) in [6.45, 7) is 0. The van der Waals surface area contributed by atoms with Crippen molar-refractivity contribution in [2.45, 2.75) is 0 Å². The Morgan fingerprint density at radius 3 is 0.662 bits per heavy atom. The predicted octanol–water partition coefficient (Wildman–Crippen LogP) is 36.2. The van der Waals surface area contributed by atoms with Gasteiger partial charge in [0, 0.05) is 48.7 Å². The first-order valence-electron chi connectivity index (χ1n) is 82.7. The lowest BCUT2D eigenvalue weighted by Crippen LogP contribution is -2.03. The van der Waals surface area contributed by atoms with E-state index in [9.17, 15) is 49.3 Å². The molecule has 4 heterocycles. The van der Waals surface area contributed by atoms with Crippen molar-refractivity contribution < 1.29 is 122 Å². The SMILES string of the molecule is [2H]c1c([2H])c([2H])c(-c2c([2H])c([2H])c([2H])c([2H])c2-c2c([2H])c([2H])c3c(c2[2H])c2c([2H])c(-c4c([2H])c([2H])c([2H])c([2H])c4-c4c([2H])c([2H])c([2H])c([2H])c4[2H])c([2H])c([2H])c2n3-c2c([2H])c([2H])c([2H])c([2H])c2-c2c([2H])c([2H])c([2H])c3oc4c([2H])c([2H])c([2H])c([2H])c4c23)c([2H])c1[2H].[2H]c1cc(-c2c([2H])c([2H])c([2H])c([2H])c2[2H])c(-c2c([2H])c([2H])c3c(c2[2H])c2c([2H])c(-c4c([2H])c([2H])c([2H])c([2H])c4-c4c([2H])c([2H])c([2H])c([2H])c4[2H])c([2H])c([2H])c2n3-c2c([2H])c([2H])c([2H])c([2H])c2-n2c3c([2H])c([2H])c(-c4c([2H])c([2H])c([2H])c([2H])c4-c4c([2H])c([2H])c([2H])c([2H])c4[2H])c([2H])c3c3c([2H])c(-c4c([2H])c([2H])c([2H])c([2H])c4-c4c([2H])c([2H])c([2H])c([2H])c4[2H])c([2H])c([2H])c32)c([2H])c1[2H]. The third kappa shape index (κ3) is 14.2. The van der Waals surface area contributed by atoms with Gasteiger partial charge in [-0.1, -0.05) is 423 Å². The van der Waals surface area contributed by atoms with E-state index >= 15 is 0 Å². The van der Waals surface area contributed by atoms with Gasteiger partial charge in [0.2, 0.25) is 0 Å². The monoisotopic (exact) mass is 1820 g/mol. The van der Waals surface area contributed by atoms with Crippen LogP contribution in [0.5, 0.6) is 0 Å². The number of hydrogen-bond donors (Lipinski definition) is 0. The Balaban J connectivity index is 0.000000224. The molecule has 26 aromatic rings. The molecular formula is C132H87N3O. The van der Waals surface area contributed by atoms with Gasteiger partial charge in [0.25, 0.3) is 0 Å². The summed E-state index contributed by atoms with van der Waals surface area (Å²) in [6.07, 6.45) is 0. The van der Waals surface area contributed by atoms with E-state index in [1.54, 1.807) is 0 Å². The van der Waals surface area contributed by atoms with Crippen LogP contribution in [0.1, 0.15) is 118 Å². The van der Waals surface area contributed by atoms with Crippen LogP contribution >= 0.6 is 0 Å². The number of nitrogens with zero attached hydrogens (tertiary/aromatic N) is 3. The molecule has 0 saturated heterocycles. The van der Waals surface area contributed by atoms with E-state index < -0.39 is 769 Å². The molecule has 0 amide bonds. The first-order valence-corrected chi connectivity index (χ1v) is 39.7.